The van der Waals surface area contributed by atoms with Crippen molar-refractivity contribution in [1.82, 2.24) is 4.90 Å². The number of amides is 1. The number of hydrogen-bond donors (Lipinski definition) is 0. The molecule has 0 spiro atoms. The Bertz CT molecular complexity index is 324. The van der Waals surface area contributed by atoms with Crippen LogP contribution in [0.4, 0.5) is 0 Å². The van der Waals surface area contributed by atoms with Crippen LogP contribution < -0.4 is 0 Å². The Labute approximate surface area is 106 Å². The third-order valence-corrected chi connectivity index (χ3v) is 3.41. The zero-order chi connectivity index (χ0) is 12.8. The van der Waals surface area contributed by atoms with Gasteiger partial charge in [-0.3, -0.25) is 4.79 Å². The Morgan fingerprint density at radius 2 is 2.18 bits per heavy atom. The molecule has 5 heteroatoms. The van der Waals surface area contributed by atoms with Crippen LogP contribution in [0.3, 0.4) is 0 Å². The molecule has 0 aromatic heterocycles. The smallest absolute Gasteiger partial charge is 0.329 e. The van der Waals surface area contributed by atoms with E-state index in [1.165, 1.54) is 0 Å². The van der Waals surface area contributed by atoms with Gasteiger partial charge < -0.3 is 9.64 Å². The van der Waals surface area contributed by atoms with E-state index in [9.17, 15) is 9.59 Å². The molecule has 1 saturated heterocycles. The molecule has 1 aliphatic rings. The third-order valence-electron chi connectivity index (χ3n) is 2.38. The summed E-state index contributed by atoms with van der Waals surface area (Å²) in [6.45, 7) is 6.48. The molecule has 1 unspecified atom stereocenters. The lowest BCUT2D eigenvalue weighted by Crippen LogP contribution is -2.50. The van der Waals surface area contributed by atoms with Crippen molar-refractivity contribution in [3.8, 4) is 0 Å². The Kier molecular flexibility index (Phi) is 5.55. The van der Waals surface area contributed by atoms with Crippen LogP contribution in [-0.4, -0.2) is 47.5 Å². The fourth-order valence-corrected chi connectivity index (χ4v) is 2.66. The van der Waals surface area contributed by atoms with Crippen molar-refractivity contribution < 1.29 is 14.3 Å². The van der Waals surface area contributed by atoms with Crippen molar-refractivity contribution in [3.05, 3.63) is 11.6 Å². The first-order valence-corrected chi connectivity index (χ1v) is 6.91. The minimum Gasteiger partial charge on any atom is -0.464 e. The summed E-state index contributed by atoms with van der Waals surface area (Å²) < 4.78 is 5.00. The van der Waals surface area contributed by atoms with Crippen LogP contribution in [0.25, 0.3) is 0 Å². The third kappa shape index (κ3) is 4.07. The number of esters is 1. The number of carbonyl (C=O) groups is 2. The maximum Gasteiger partial charge on any atom is 0.329 e. The lowest BCUT2D eigenvalue weighted by Gasteiger charge is -2.33. The van der Waals surface area contributed by atoms with Crippen LogP contribution in [0.5, 0.6) is 0 Å². The van der Waals surface area contributed by atoms with E-state index in [1.807, 2.05) is 13.8 Å². The molecule has 1 rings (SSSR count). The van der Waals surface area contributed by atoms with Crippen molar-refractivity contribution in [2.75, 3.05) is 24.7 Å². The lowest BCUT2D eigenvalue weighted by atomic mass is 10.2. The van der Waals surface area contributed by atoms with Gasteiger partial charge in [0.25, 0.3) is 0 Å². The van der Waals surface area contributed by atoms with Gasteiger partial charge in [-0.2, -0.15) is 11.8 Å². The van der Waals surface area contributed by atoms with E-state index in [4.69, 9.17) is 4.74 Å². The molecular formula is C12H19NO3S. The van der Waals surface area contributed by atoms with E-state index in [-0.39, 0.29) is 11.9 Å². The molecule has 17 heavy (non-hydrogen) atoms. The number of thioether (sulfide) groups is 1. The highest BCUT2D eigenvalue weighted by molar-refractivity contribution is 7.99. The van der Waals surface area contributed by atoms with Crippen molar-refractivity contribution >= 4 is 23.6 Å². The standard InChI is InChI=1S/C12H19NO3S/c1-4-16-12(15)10-8-17-6-5-13(10)11(14)7-9(2)3/h7,10H,4-6,8H2,1-3H3. The van der Waals surface area contributed by atoms with Gasteiger partial charge in [0.05, 0.1) is 6.61 Å². The van der Waals surface area contributed by atoms with Crippen LogP contribution in [0.15, 0.2) is 11.6 Å². The fourth-order valence-electron chi connectivity index (χ4n) is 1.63. The number of hydrogen-bond acceptors (Lipinski definition) is 4. The predicted molar refractivity (Wildman–Crippen MR) is 68.9 cm³/mol. The first kappa shape index (κ1) is 14.1. The molecule has 0 aromatic carbocycles. The summed E-state index contributed by atoms with van der Waals surface area (Å²) in [5, 5.41) is 0. The summed E-state index contributed by atoms with van der Waals surface area (Å²) in [6, 6.07) is -0.434. The molecule has 1 atom stereocenters. The van der Waals surface area contributed by atoms with Crippen LogP contribution >= 0.6 is 11.8 Å². The van der Waals surface area contributed by atoms with Crippen LogP contribution in [0.2, 0.25) is 0 Å². The highest BCUT2D eigenvalue weighted by Crippen LogP contribution is 2.18. The minimum absolute atomic E-state index is 0.0941. The first-order valence-electron chi connectivity index (χ1n) is 5.76. The highest BCUT2D eigenvalue weighted by atomic mass is 32.2. The van der Waals surface area contributed by atoms with Crippen molar-refractivity contribution in [3.63, 3.8) is 0 Å². The average molecular weight is 257 g/mol. The van der Waals surface area contributed by atoms with E-state index < -0.39 is 6.04 Å². The van der Waals surface area contributed by atoms with Crippen LogP contribution in [0.1, 0.15) is 20.8 Å². The predicted octanol–water partition coefficient (Wildman–Crippen LogP) is 1.46. The van der Waals surface area contributed by atoms with Gasteiger partial charge in [0.1, 0.15) is 6.04 Å². The highest BCUT2D eigenvalue weighted by Gasteiger charge is 2.32. The van der Waals surface area contributed by atoms with Crippen molar-refractivity contribution in [1.29, 1.82) is 0 Å². The molecule has 0 radical (unpaired) electrons. The molecule has 1 heterocycles. The molecule has 0 aromatic rings. The minimum atomic E-state index is -0.434. The Hall–Kier alpha value is -0.970. The first-order chi connectivity index (χ1) is 8.06. The summed E-state index contributed by atoms with van der Waals surface area (Å²) in [4.78, 5) is 25.3. The topological polar surface area (TPSA) is 46.6 Å². The summed E-state index contributed by atoms with van der Waals surface area (Å²) in [6.07, 6.45) is 1.57. The molecule has 0 N–H and O–H groups in total. The van der Waals surface area contributed by atoms with Gasteiger partial charge in [-0.25, -0.2) is 4.79 Å². The summed E-state index contributed by atoms with van der Waals surface area (Å²) in [7, 11) is 0. The number of nitrogens with zero attached hydrogens (tertiary/aromatic N) is 1. The molecule has 1 amide bonds. The summed E-state index contributed by atoms with van der Waals surface area (Å²) in [5.41, 5.74) is 0.941. The van der Waals surface area contributed by atoms with E-state index in [2.05, 4.69) is 0 Å². The molecule has 0 saturated carbocycles. The Morgan fingerprint density at radius 1 is 1.47 bits per heavy atom. The second kappa shape index (κ2) is 6.69. The molecule has 0 aliphatic carbocycles. The van der Waals surface area contributed by atoms with Gasteiger partial charge >= 0.3 is 5.97 Å². The lowest BCUT2D eigenvalue weighted by molar-refractivity contribution is -0.152. The average Bonchev–Trinajstić information content (AvgIpc) is 2.28. The molecule has 0 bridgehead atoms. The summed E-state index contributed by atoms with van der Waals surface area (Å²) in [5.74, 6) is 1.11. The molecule has 4 nitrogen and oxygen atoms in total. The largest absolute Gasteiger partial charge is 0.464 e. The van der Waals surface area contributed by atoms with Gasteiger partial charge in [-0.15, -0.1) is 0 Å². The van der Waals surface area contributed by atoms with Crippen molar-refractivity contribution in [2.45, 2.75) is 26.8 Å². The van der Waals surface area contributed by atoms with Gasteiger partial charge in [-0.05, 0) is 20.8 Å². The van der Waals surface area contributed by atoms with E-state index in [0.29, 0.717) is 18.9 Å². The quantitative estimate of drug-likeness (QED) is 0.567. The van der Waals surface area contributed by atoms with Gasteiger partial charge in [0.2, 0.25) is 5.91 Å². The Morgan fingerprint density at radius 3 is 2.76 bits per heavy atom. The Balaban J connectivity index is 2.75. The SMILES string of the molecule is CCOC(=O)C1CSCCN1C(=O)C=C(C)C. The second-order valence-corrected chi connectivity index (χ2v) is 5.25. The zero-order valence-electron chi connectivity index (χ0n) is 10.6. The maximum absolute atomic E-state index is 12.0. The molecular weight excluding hydrogens is 238 g/mol. The van der Waals surface area contributed by atoms with E-state index in [0.717, 1.165) is 11.3 Å². The zero-order valence-corrected chi connectivity index (χ0v) is 11.4. The number of rotatable bonds is 3. The van der Waals surface area contributed by atoms with Gasteiger partial charge in [0.15, 0.2) is 0 Å². The van der Waals surface area contributed by atoms with E-state index >= 15 is 0 Å². The van der Waals surface area contributed by atoms with Crippen LogP contribution in [-0.2, 0) is 14.3 Å². The van der Waals surface area contributed by atoms with Crippen molar-refractivity contribution in [2.24, 2.45) is 0 Å². The number of allylic oxidation sites excluding steroid dienone is 1. The monoisotopic (exact) mass is 257 g/mol. The van der Waals surface area contributed by atoms with E-state index in [1.54, 1.807) is 29.7 Å². The van der Waals surface area contributed by atoms with Gasteiger partial charge in [-0.1, -0.05) is 5.57 Å². The molecule has 96 valence electrons. The molecule has 1 fully saturated rings. The number of ether oxygens (including phenoxy) is 1. The number of carbonyl (C=O) groups excluding carboxylic acids is 2. The normalized spacial score (nSPS) is 19.7. The van der Waals surface area contributed by atoms with Gasteiger partial charge in [0, 0.05) is 24.1 Å². The fraction of sp³-hybridized carbons (Fsp3) is 0.667. The second-order valence-electron chi connectivity index (χ2n) is 4.10. The molecule has 1 aliphatic heterocycles. The van der Waals surface area contributed by atoms with Crippen LogP contribution in [0, 0.1) is 0 Å². The summed E-state index contributed by atoms with van der Waals surface area (Å²) >= 11 is 1.68. The maximum atomic E-state index is 12.0.